The highest BCUT2D eigenvalue weighted by molar-refractivity contribution is 5.99. The van der Waals surface area contributed by atoms with Gasteiger partial charge >= 0.3 is 0 Å². The normalized spacial score (nSPS) is 12.7. The summed E-state index contributed by atoms with van der Waals surface area (Å²) < 4.78 is 0. The summed E-state index contributed by atoms with van der Waals surface area (Å²) >= 11 is 0. The molecule has 0 spiro atoms. The Kier molecular flexibility index (Phi) is 12.9. The Hall–Kier alpha value is -9.44. The second-order valence-electron chi connectivity index (χ2n) is 21.3. The van der Waals surface area contributed by atoms with Crippen LogP contribution in [0.5, 0.6) is 0 Å². The Morgan fingerprint density at radius 1 is 0.333 bits per heavy atom. The summed E-state index contributed by atoms with van der Waals surface area (Å²) in [5, 5.41) is 5.09. The molecular weight excluding hydrogens is 943 g/mol. The number of aryl methyl sites for hydroxylation is 1. The zero-order valence-corrected chi connectivity index (χ0v) is 44.3. The Morgan fingerprint density at radius 2 is 0.731 bits per heavy atom. The fraction of sp³-hybridized carbons (Fsp3) is 0.0933. The van der Waals surface area contributed by atoms with E-state index in [0.29, 0.717) is 5.92 Å². The first-order valence-corrected chi connectivity index (χ1v) is 27.5. The molecule has 0 N–H and O–H groups in total. The molecule has 0 heterocycles. The molecule has 1 atom stereocenters. The summed E-state index contributed by atoms with van der Waals surface area (Å²) in [7, 11) is 0. The molecule has 0 amide bonds. The van der Waals surface area contributed by atoms with Crippen molar-refractivity contribution in [2.45, 2.75) is 44.4 Å². The van der Waals surface area contributed by atoms with Gasteiger partial charge in [-0.05, 0) is 183 Å². The van der Waals surface area contributed by atoms with Gasteiger partial charge in [0.15, 0.2) is 0 Å². The van der Waals surface area contributed by atoms with E-state index in [1.165, 1.54) is 60.5 Å². The van der Waals surface area contributed by atoms with E-state index in [2.05, 4.69) is 320 Å². The van der Waals surface area contributed by atoms with Crippen LogP contribution in [0.2, 0.25) is 0 Å². The molecule has 376 valence electrons. The lowest BCUT2D eigenvalue weighted by molar-refractivity contribution is 0.622. The number of benzene rings is 12. The van der Waals surface area contributed by atoms with Gasteiger partial charge in [0.25, 0.3) is 0 Å². The van der Waals surface area contributed by atoms with Crippen LogP contribution in [0.1, 0.15) is 54.0 Å². The van der Waals surface area contributed by atoms with Crippen molar-refractivity contribution in [2.75, 3.05) is 14.7 Å². The summed E-state index contributed by atoms with van der Waals surface area (Å²) in [6, 6.07) is 107. The fourth-order valence-electron chi connectivity index (χ4n) is 12.2. The van der Waals surface area contributed by atoms with Gasteiger partial charge in [0, 0.05) is 56.3 Å². The van der Waals surface area contributed by atoms with E-state index < -0.39 is 0 Å². The predicted octanol–water partition coefficient (Wildman–Crippen LogP) is 20.7. The minimum absolute atomic E-state index is 0.276. The number of para-hydroxylation sites is 3. The van der Waals surface area contributed by atoms with Crippen LogP contribution >= 0.6 is 0 Å². The predicted molar refractivity (Wildman–Crippen MR) is 331 cm³/mol. The topological polar surface area (TPSA) is 9.72 Å². The maximum absolute atomic E-state index is 2.44. The monoisotopic (exact) mass is 1000 g/mol. The Morgan fingerprint density at radius 3 is 1.28 bits per heavy atom. The number of fused-ring (bicyclic) bond motifs is 5. The van der Waals surface area contributed by atoms with Crippen molar-refractivity contribution in [3.8, 4) is 11.1 Å². The summed E-state index contributed by atoms with van der Waals surface area (Å²) in [5.41, 5.74) is 19.2. The van der Waals surface area contributed by atoms with E-state index in [0.717, 1.165) is 70.4 Å². The second kappa shape index (κ2) is 20.9. The van der Waals surface area contributed by atoms with E-state index in [-0.39, 0.29) is 5.41 Å². The number of anilines is 9. The van der Waals surface area contributed by atoms with Crippen molar-refractivity contribution in [3.05, 3.63) is 319 Å². The summed E-state index contributed by atoms with van der Waals surface area (Å²) in [6.45, 7) is 4.78. The number of hydrogen-bond donors (Lipinski definition) is 0. The maximum atomic E-state index is 2.44. The number of nitrogens with zero attached hydrogens (tertiary/aromatic N) is 3. The maximum Gasteiger partial charge on any atom is 0.0540 e. The van der Waals surface area contributed by atoms with E-state index in [1.54, 1.807) is 0 Å². The molecule has 12 aromatic rings. The highest BCUT2D eigenvalue weighted by Gasteiger charge is 2.37. The average Bonchev–Trinajstić information content (AvgIpc) is 3.72. The molecule has 12 aromatic carbocycles. The molecule has 3 heteroatoms. The van der Waals surface area contributed by atoms with Crippen LogP contribution in [0.25, 0.3) is 32.7 Å². The summed E-state index contributed by atoms with van der Waals surface area (Å²) in [6.07, 6.45) is 3.07. The molecule has 78 heavy (non-hydrogen) atoms. The SMILES string of the molecule is CC1(C)c2cc(N(c3ccccc3)c3ccc(CC(CCc4cccc5ccccc45)c4ccccc4)cc3)ccc2-c2ccc(N(c3ccccc3)c3ccc(N(c4ccccc4)c4cccc5ccccc45)cc3)cc21. The van der Waals surface area contributed by atoms with Crippen molar-refractivity contribution < 1.29 is 0 Å². The molecule has 0 radical (unpaired) electrons. The molecule has 1 unspecified atom stereocenters. The van der Waals surface area contributed by atoms with Crippen molar-refractivity contribution in [1.29, 1.82) is 0 Å². The molecule has 1 aliphatic carbocycles. The third-order valence-electron chi connectivity index (χ3n) is 16.2. The van der Waals surface area contributed by atoms with Crippen LogP contribution in [0, 0.1) is 0 Å². The standard InChI is InChI=1S/C75H61N3/c1-75(2)72-52-66(76(60-28-9-4-10-29-60)63-41-37-54(38-42-63)51-59(55-21-7-3-8-22-55)40-39-58-26-19-25-56-23-15-17-34-68(56)58)47-49-70(72)71-50-48-67(53-73(71)75)77(61-30-11-5-12-31-61)64-43-45-65(46-44-64)78(62-32-13-6-14-33-62)74-36-20-27-57-24-16-18-35-69(57)74/h3-38,41-50,52-53,59H,39-40,51H2,1-2H3. The van der Waals surface area contributed by atoms with Crippen molar-refractivity contribution >= 4 is 72.7 Å². The Balaban J connectivity index is 0.809. The fourth-order valence-corrected chi connectivity index (χ4v) is 12.2. The Labute approximate surface area is 459 Å². The van der Waals surface area contributed by atoms with Crippen LogP contribution in [-0.4, -0.2) is 0 Å². The van der Waals surface area contributed by atoms with Gasteiger partial charge in [0.1, 0.15) is 0 Å². The van der Waals surface area contributed by atoms with Gasteiger partial charge < -0.3 is 14.7 Å². The first kappa shape index (κ1) is 48.2. The molecule has 13 rings (SSSR count). The van der Waals surface area contributed by atoms with E-state index in [4.69, 9.17) is 0 Å². The van der Waals surface area contributed by atoms with E-state index in [9.17, 15) is 0 Å². The van der Waals surface area contributed by atoms with Gasteiger partial charge in [-0.2, -0.15) is 0 Å². The van der Waals surface area contributed by atoms with Gasteiger partial charge in [0.05, 0.1) is 5.69 Å². The molecule has 0 saturated heterocycles. The smallest absolute Gasteiger partial charge is 0.0540 e. The molecule has 0 aliphatic heterocycles. The summed E-state index contributed by atoms with van der Waals surface area (Å²) in [5.74, 6) is 0.389. The lowest BCUT2D eigenvalue weighted by atomic mass is 9.82. The van der Waals surface area contributed by atoms with Crippen molar-refractivity contribution in [2.24, 2.45) is 0 Å². The molecule has 0 aromatic heterocycles. The lowest BCUT2D eigenvalue weighted by Gasteiger charge is -2.30. The zero-order chi connectivity index (χ0) is 52.4. The highest BCUT2D eigenvalue weighted by Crippen LogP contribution is 2.53. The molecule has 0 fully saturated rings. The number of hydrogen-bond acceptors (Lipinski definition) is 3. The zero-order valence-electron chi connectivity index (χ0n) is 44.3. The minimum Gasteiger partial charge on any atom is -0.310 e. The minimum atomic E-state index is -0.276. The van der Waals surface area contributed by atoms with Gasteiger partial charge in [-0.1, -0.05) is 202 Å². The van der Waals surface area contributed by atoms with Gasteiger partial charge in [-0.25, -0.2) is 0 Å². The van der Waals surface area contributed by atoms with Crippen LogP contribution < -0.4 is 14.7 Å². The largest absolute Gasteiger partial charge is 0.310 e. The van der Waals surface area contributed by atoms with Crippen LogP contribution in [0.4, 0.5) is 51.2 Å². The molecule has 0 saturated carbocycles. The summed E-state index contributed by atoms with van der Waals surface area (Å²) in [4.78, 5) is 7.19. The van der Waals surface area contributed by atoms with Crippen LogP contribution in [-0.2, 0) is 18.3 Å². The quantitative estimate of drug-likeness (QED) is 0.101. The first-order valence-electron chi connectivity index (χ1n) is 27.5. The molecule has 3 nitrogen and oxygen atoms in total. The van der Waals surface area contributed by atoms with Gasteiger partial charge in [-0.3, -0.25) is 0 Å². The van der Waals surface area contributed by atoms with Crippen LogP contribution in [0.3, 0.4) is 0 Å². The first-order chi connectivity index (χ1) is 38.4. The lowest BCUT2D eigenvalue weighted by Crippen LogP contribution is -2.17. The van der Waals surface area contributed by atoms with Gasteiger partial charge in [0.2, 0.25) is 0 Å². The average molecular weight is 1000 g/mol. The van der Waals surface area contributed by atoms with E-state index in [1.807, 2.05) is 0 Å². The second-order valence-corrected chi connectivity index (χ2v) is 21.3. The van der Waals surface area contributed by atoms with E-state index >= 15 is 0 Å². The van der Waals surface area contributed by atoms with Crippen molar-refractivity contribution in [3.63, 3.8) is 0 Å². The van der Waals surface area contributed by atoms with Crippen LogP contribution in [0.15, 0.2) is 291 Å². The third-order valence-corrected chi connectivity index (χ3v) is 16.2. The molecular formula is C75H61N3. The Bertz CT molecular complexity index is 4010. The third kappa shape index (κ3) is 9.28. The van der Waals surface area contributed by atoms with Crippen molar-refractivity contribution in [1.82, 2.24) is 0 Å². The number of rotatable bonds is 15. The molecule has 0 bridgehead atoms. The molecule has 1 aliphatic rings. The van der Waals surface area contributed by atoms with Gasteiger partial charge in [-0.15, -0.1) is 0 Å². The highest BCUT2D eigenvalue weighted by atomic mass is 15.2.